The Morgan fingerprint density at radius 1 is 1.41 bits per heavy atom. The molecule has 1 N–H and O–H groups in total. The molecular weight excluding hydrogens is 416 g/mol. The van der Waals surface area contributed by atoms with Crippen LogP contribution in [0.15, 0.2) is 33.6 Å². The highest BCUT2D eigenvalue weighted by molar-refractivity contribution is 9.11. The number of halogens is 2. The molecule has 3 aromatic heterocycles. The number of nitrogens with one attached hydrogen (secondary N) is 1. The molecule has 3 heterocycles. The van der Waals surface area contributed by atoms with Crippen LogP contribution in [0.25, 0.3) is 5.65 Å². The van der Waals surface area contributed by atoms with Crippen molar-refractivity contribution in [3.63, 3.8) is 0 Å². The van der Waals surface area contributed by atoms with Crippen LogP contribution in [0.2, 0.25) is 0 Å². The molecule has 9 heteroatoms. The Bertz CT molecular complexity index is 840. The number of rotatable bonds is 4. The molecule has 0 aromatic carbocycles. The van der Waals surface area contributed by atoms with E-state index in [1.807, 2.05) is 11.6 Å². The highest BCUT2D eigenvalue weighted by Gasteiger charge is 2.19. The van der Waals surface area contributed by atoms with Crippen molar-refractivity contribution in [1.82, 2.24) is 29.7 Å². The van der Waals surface area contributed by atoms with E-state index in [9.17, 15) is 4.79 Å². The summed E-state index contributed by atoms with van der Waals surface area (Å²) in [5, 5.41) is 11.3. The lowest BCUT2D eigenvalue weighted by Gasteiger charge is -2.06. The number of carbonyl (C=O) groups excluding carboxylic acids is 1. The highest BCUT2D eigenvalue weighted by Crippen LogP contribution is 2.21. The first-order chi connectivity index (χ1) is 10.6. The van der Waals surface area contributed by atoms with Gasteiger partial charge in [0.15, 0.2) is 11.3 Å². The Labute approximate surface area is 143 Å². The zero-order chi connectivity index (χ0) is 15.7. The SMILES string of the molecule is CCn1ncc(Br)c1CNC(=O)c1nn2cccnc2c1Br. The lowest BCUT2D eigenvalue weighted by atomic mass is 10.3. The van der Waals surface area contributed by atoms with Crippen molar-refractivity contribution < 1.29 is 4.79 Å². The van der Waals surface area contributed by atoms with Crippen molar-refractivity contribution in [2.75, 3.05) is 0 Å². The smallest absolute Gasteiger partial charge is 0.273 e. The molecule has 0 aliphatic carbocycles. The molecule has 1 amide bonds. The third kappa shape index (κ3) is 2.66. The van der Waals surface area contributed by atoms with Gasteiger partial charge in [-0.05, 0) is 44.8 Å². The van der Waals surface area contributed by atoms with Gasteiger partial charge in [0.05, 0.1) is 27.4 Å². The fourth-order valence-corrected chi connectivity index (χ4v) is 3.07. The predicted octanol–water partition coefficient (Wildman–Crippen LogP) is 2.40. The molecule has 114 valence electrons. The van der Waals surface area contributed by atoms with Crippen LogP contribution in [-0.2, 0) is 13.1 Å². The van der Waals surface area contributed by atoms with Crippen LogP contribution >= 0.6 is 31.9 Å². The van der Waals surface area contributed by atoms with Gasteiger partial charge in [-0.15, -0.1) is 0 Å². The average Bonchev–Trinajstić information content (AvgIpc) is 3.06. The van der Waals surface area contributed by atoms with Crippen LogP contribution in [-0.4, -0.2) is 30.3 Å². The average molecular weight is 428 g/mol. The highest BCUT2D eigenvalue weighted by atomic mass is 79.9. The van der Waals surface area contributed by atoms with E-state index in [0.29, 0.717) is 22.4 Å². The monoisotopic (exact) mass is 426 g/mol. The minimum absolute atomic E-state index is 0.270. The lowest BCUT2D eigenvalue weighted by Crippen LogP contribution is -2.25. The van der Waals surface area contributed by atoms with Gasteiger partial charge in [0.1, 0.15) is 0 Å². The van der Waals surface area contributed by atoms with Gasteiger partial charge in [-0.3, -0.25) is 9.48 Å². The quantitative estimate of drug-likeness (QED) is 0.693. The van der Waals surface area contributed by atoms with E-state index < -0.39 is 0 Å². The van der Waals surface area contributed by atoms with Gasteiger partial charge in [-0.2, -0.15) is 10.2 Å². The largest absolute Gasteiger partial charge is 0.345 e. The molecule has 0 radical (unpaired) electrons. The first-order valence-electron chi connectivity index (χ1n) is 6.59. The third-order valence-electron chi connectivity index (χ3n) is 3.17. The second-order valence-electron chi connectivity index (χ2n) is 4.49. The molecule has 0 aliphatic heterocycles. The lowest BCUT2D eigenvalue weighted by molar-refractivity contribution is 0.0943. The van der Waals surface area contributed by atoms with Crippen molar-refractivity contribution in [1.29, 1.82) is 0 Å². The van der Waals surface area contributed by atoms with Crippen molar-refractivity contribution in [2.45, 2.75) is 20.0 Å². The van der Waals surface area contributed by atoms with Crippen LogP contribution in [0.1, 0.15) is 23.1 Å². The molecule has 7 nitrogen and oxygen atoms in total. The van der Waals surface area contributed by atoms with E-state index in [1.165, 1.54) is 0 Å². The van der Waals surface area contributed by atoms with Gasteiger partial charge >= 0.3 is 0 Å². The first-order valence-corrected chi connectivity index (χ1v) is 8.17. The number of amides is 1. The van der Waals surface area contributed by atoms with Crippen molar-refractivity contribution in [2.24, 2.45) is 0 Å². The predicted molar refractivity (Wildman–Crippen MR) is 87.5 cm³/mol. The minimum Gasteiger partial charge on any atom is -0.345 e. The van der Waals surface area contributed by atoms with Gasteiger partial charge < -0.3 is 5.32 Å². The molecule has 22 heavy (non-hydrogen) atoms. The summed E-state index contributed by atoms with van der Waals surface area (Å²) in [4.78, 5) is 16.5. The van der Waals surface area contributed by atoms with Crippen LogP contribution in [0, 0.1) is 0 Å². The van der Waals surface area contributed by atoms with Crippen molar-refractivity contribution in [3.8, 4) is 0 Å². The maximum atomic E-state index is 12.4. The molecule has 3 rings (SSSR count). The minimum atomic E-state index is -0.270. The van der Waals surface area contributed by atoms with Gasteiger partial charge in [0.25, 0.3) is 5.91 Å². The van der Waals surface area contributed by atoms with Crippen LogP contribution in [0.4, 0.5) is 0 Å². The molecule has 0 fully saturated rings. The van der Waals surface area contributed by atoms with Crippen molar-refractivity contribution in [3.05, 3.63) is 45.0 Å². The normalized spacial score (nSPS) is 11.0. The summed E-state index contributed by atoms with van der Waals surface area (Å²) in [6.07, 6.45) is 5.11. The van der Waals surface area contributed by atoms with Gasteiger partial charge in [0, 0.05) is 18.9 Å². The number of aryl methyl sites for hydroxylation is 1. The van der Waals surface area contributed by atoms with Gasteiger partial charge in [0.2, 0.25) is 0 Å². The van der Waals surface area contributed by atoms with Crippen LogP contribution < -0.4 is 5.32 Å². The van der Waals surface area contributed by atoms with E-state index in [0.717, 1.165) is 16.7 Å². The molecule has 0 saturated carbocycles. The van der Waals surface area contributed by atoms with E-state index in [2.05, 4.69) is 52.4 Å². The van der Waals surface area contributed by atoms with E-state index >= 15 is 0 Å². The number of hydrogen-bond acceptors (Lipinski definition) is 4. The Kier molecular flexibility index (Phi) is 4.25. The van der Waals surface area contributed by atoms with E-state index in [-0.39, 0.29) is 5.91 Å². The zero-order valence-electron chi connectivity index (χ0n) is 11.6. The number of nitrogens with zero attached hydrogens (tertiary/aromatic N) is 5. The second-order valence-corrected chi connectivity index (χ2v) is 6.14. The van der Waals surface area contributed by atoms with E-state index in [1.54, 1.807) is 29.2 Å². The molecule has 0 aliphatic rings. The topological polar surface area (TPSA) is 77.1 Å². The number of hydrogen-bond donors (Lipinski definition) is 1. The molecular formula is C13H12Br2N6O. The molecule has 0 atom stereocenters. The third-order valence-corrected chi connectivity index (χ3v) is 4.56. The van der Waals surface area contributed by atoms with Crippen molar-refractivity contribution >= 4 is 43.4 Å². The Balaban J connectivity index is 1.82. The van der Waals surface area contributed by atoms with Gasteiger partial charge in [-0.25, -0.2) is 9.50 Å². The fourth-order valence-electron chi connectivity index (χ4n) is 2.09. The first kappa shape index (κ1) is 15.2. The summed E-state index contributed by atoms with van der Waals surface area (Å²) in [5.74, 6) is -0.270. The van der Waals surface area contributed by atoms with Crippen LogP contribution in [0.5, 0.6) is 0 Å². The summed E-state index contributed by atoms with van der Waals surface area (Å²) < 4.78 is 4.83. The summed E-state index contributed by atoms with van der Waals surface area (Å²) in [6.45, 7) is 3.09. The Hall–Kier alpha value is -1.74. The van der Waals surface area contributed by atoms with E-state index in [4.69, 9.17) is 0 Å². The molecule has 0 saturated heterocycles. The Morgan fingerprint density at radius 2 is 2.23 bits per heavy atom. The maximum Gasteiger partial charge on any atom is 0.273 e. The fraction of sp³-hybridized carbons (Fsp3) is 0.231. The number of carbonyl (C=O) groups is 1. The molecule has 0 unspecified atom stereocenters. The van der Waals surface area contributed by atoms with Crippen LogP contribution in [0.3, 0.4) is 0 Å². The standard InChI is InChI=1S/C13H12Br2N6O/c1-2-20-9(8(14)6-18-20)7-17-13(22)11-10(15)12-16-4-3-5-21(12)19-11/h3-6H,2,7H2,1H3,(H,17,22). The summed E-state index contributed by atoms with van der Waals surface area (Å²) in [6, 6.07) is 1.76. The molecule has 3 aromatic rings. The summed E-state index contributed by atoms with van der Waals surface area (Å²) in [5.41, 5.74) is 1.82. The number of fused-ring (bicyclic) bond motifs is 1. The maximum absolute atomic E-state index is 12.4. The zero-order valence-corrected chi connectivity index (χ0v) is 14.8. The van der Waals surface area contributed by atoms with Gasteiger partial charge in [-0.1, -0.05) is 0 Å². The second kappa shape index (κ2) is 6.17. The summed E-state index contributed by atoms with van der Waals surface area (Å²) in [7, 11) is 0. The number of aromatic nitrogens is 5. The summed E-state index contributed by atoms with van der Waals surface area (Å²) >= 11 is 6.81. The molecule has 0 spiro atoms. The molecule has 0 bridgehead atoms. The Morgan fingerprint density at radius 3 is 2.95 bits per heavy atom.